The van der Waals surface area contributed by atoms with Crippen molar-refractivity contribution in [3.63, 3.8) is 0 Å². The van der Waals surface area contributed by atoms with Gasteiger partial charge >= 0.3 is 16.2 Å². The first-order chi connectivity index (χ1) is 10.0. The molecule has 1 heterocycles. The van der Waals surface area contributed by atoms with Crippen LogP contribution in [-0.4, -0.2) is 36.4 Å². The van der Waals surface area contributed by atoms with Crippen molar-refractivity contribution in [3.8, 4) is 0 Å². The monoisotopic (exact) mass is 314 g/mol. The maximum atomic E-state index is 12.1. The predicted octanol–water partition coefficient (Wildman–Crippen LogP) is 0.892. The van der Waals surface area contributed by atoms with Gasteiger partial charge in [0.05, 0.1) is 6.61 Å². The van der Waals surface area contributed by atoms with Crippen molar-refractivity contribution in [2.45, 2.75) is 31.9 Å². The van der Waals surface area contributed by atoms with Crippen LogP contribution in [0.4, 0.5) is 0 Å². The Morgan fingerprint density at radius 3 is 2.71 bits per heavy atom. The molecule has 7 nitrogen and oxygen atoms in total. The second kappa shape index (κ2) is 6.99. The zero-order valence-electron chi connectivity index (χ0n) is 11.4. The lowest BCUT2D eigenvalue weighted by atomic mass is 10.1. The van der Waals surface area contributed by atoms with Gasteiger partial charge in [-0.25, -0.2) is 0 Å². The number of piperidine rings is 1. The number of carboxylic acid groups (broad SMARTS) is 1. The minimum atomic E-state index is -3.97. The molecule has 0 amide bonds. The fraction of sp³-hybridized carbons (Fsp3) is 0.462. The summed E-state index contributed by atoms with van der Waals surface area (Å²) in [7, 11) is -3.97. The van der Waals surface area contributed by atoms with Gasteiger partial charge in [0.2, 0.25) is 0 Å². The van der Waals surface area contributed by atoms with Crippen LogP contribution in [0.15, 0.2) is 30.3 Å². The highest BCUT2D eigenvalue weighted by Crippen LogP contribution is 2.20. The number of rotatable bonds is 6. The Balaban J connectivity index is 1.95. The molecule has 1 unspecified atom stereocenters. The molecule has 0 aromatic heterocycles. The van der Waals surface area contributed by atoms with E-state index in [-0.39, 0.29) is 13.2 Å². The van der Waals surface area contributed by atoms with Crippen LogP contribution in [0.25, 0.3) is 0 Å². The molecular formula is C13H18N2O5S. The zero-order valence-corrected chi connectivity index (χ0v) is 12.3. The number of benzene rings is 1. The Morgan fingerprint density at radius 2 is 2.05 bits per heavy atom. The van der Waals surface area contributed by atoms with Gasteiger partial charge in [0.25, 0.3) is 0 Å². The summed E-state index contributed by atoms with van der Waals surface area (Å²) < 4.78 is 25.2. The second-order valence-electron chi connectivity index (χ2n) is 4.82. The van der Waals surface area contributed by atoms with E-state index in [1.165, 1.54) is 0 Å². The van der Waals surface area contributed by atoms with E-state index in [1.807, 2.05) is 23.1 Å². The third-order valence-electron chi connectivity index (χ3n) is 3.29. The van der Waals surface area contributed by atoms with Crippen LogP contribution in [0.1, 0.15) is 24.8 Å². The highest BCUT2D eigenvalue weighted by atomic mass is 32.2. The first-order valence-corrected chi connectivity index (χ1v) is 8.12. The average Bonchev–Trinajstić information content (AvgIpc) is 2.48. The molecule has 1 saturated heterocycles. The van der Waals surface area contributed by atoms with E-state index in [1.54, 1.807) is 12.1 Å². The van der Waals surface area contributed by atoms with E-state index in [9.17, 15) is 13.2 Å². The van der Waals surface area contributed by atoms with Crippen molar-refractivity contribution >= 4 is 16.2 Å². The zero-order chi connectivity index (χ0) is 15.3. The molecule has 21 heavy (non-hydrogen) atoms. The summed E-state index contributed by atoms with van der Waals surface area (Å²) in [6, 6.07) is 8.05. The highest BCUT2D eigenvalue weighted by molar-refractivity contribution is 7.87. The van der Waals surface area contributed by atoms with Gasteiger partial charge in [-0.2, -0.15) is 12.7 Å². The van der Waals surface area contributed by atoms with E-state index in [0.29, 0.717) is 19.3 Å². The lowest BCUT2D eigenvalue weighted by Crippen LogP contribution is -2.52. The molecule has 1 aliphatic heterocycles. The van der Waals surface area contributed by atoms with Crippen LogP contribution < -0.4 is 4.89 Å². The normalized spacial score (nSPS) is 20.3. The molecule has 1 aromatic rings. The highest BCUT2D eigenvalue weighted by Gasteiger charge is 2.36. The van der Waals surface area contributed by atoms with Crippen LogP contribution in [0.5, 0.6) is 0 Å². The standard InChI is InChI=1S/C13H18N2O5S/c16-13(17)12-8-4-5-9-15(12)21(18,19)14-20-10-11-6-2-1-3-7-11/h1-3,6-7,12,14H,4-5,8-10H2,(H,16,17). The number of carbonyl (C=O) groups is 1. The minimum Gasteiger partial charge on any atom is -0.480 e. The summed E-state index contributed by atoms with van der Waals surface area (Å²) >= 11 is 0. The topological polar surface area (TPSA) is 95.9 Å². The lowest BCUT2D eigenvalue weighted by molar-refractivity contribution is -0.142. The number of hydrogen-bond donors (Lipinski definition) is 2. The van der Waals surface area contributed by atoms with Gasteiger partial charge in [-0.1, -0.05) is 35.2 Å². The molecule has 1 atom stereocenters. The maximum absolute atomic E-state index is 12.1. The fourth-order valence-electron chi connectivity index (χ4n) is 2.25. The van der Waals surface area contributed by atoms with Gasteiger partial charge in [0, 0.05) is 6.54 Å². The Kier molecular flexibility index (Phi) is 5.29. The molecule has 2 N–H and O–H groups in total. The first-order valence-electron chi connectivity index (χ1n) is 6.68. The number of nitrogens with zero attached hydrogens (tertiary/aromatic N) is 1. The van der Waals surface area contributed by atoms with Gasteiger partial charge in [-0.15, -0.1) is 0 Å². The van der Waals surface area contributed by atoms with Crippen LogP contribution in [0.2, 0.25) is 0 Å². The van der Waals surface area contributed by atoms with Gasteiger partial charge in [0.1, 0.15) is 6.04 Å². The van der Waals surface area contributed by atoms with Crippen molar-refractivity contribution in [1.82, 2.24) is 9.19 Å². The largest absolute Gasteiger partial charge is 0.480 e. The third-order valence-corrected chi connectivity index (χ3v) is 4.68. The van der Waals surface area contributed by atoms with Crippen LogP contribution in [-0.2, 0) is 26.4 Å². The number of aliphatic carboxylic acids is 1. The molecule has 116 valence electrons. The number of nitrogens with one attached hydrogen (secondary N) is 1. The summed E-state index contributed by atoms with van der Waals surface area (Å²) in [4.78, 5) is 18.1. The Bertz CT molecular complexity index is 575. The molecular weight excluding hydrogens is 296 g/mol. The van der Waals surface area contributed by atoms with Gasteiger partial charge in [-0.05, 0) is 24.8 Å². The van der Waals surface area contributed by atoms with Crippen LogP contribution >= 0.6 is 0 Å². The molecule has 0 aliphatic carbocycles. The quantitative estimate of drug-likeness (QED) is 0.760. The number of hydrogen-bond acceptors (Lipinski definition) is 4. The fourth-order valence-corrected chi connectivity index (χ4v) is 3.45. The van der Waals surface area contributed by atoms with E-state index < -0.39 is 22.2 Å². The Labute approximate surface area is 123 Å². The van der Waals surface area contributed by atoms with Crippen molar-refractivity contribution in [3.05, 3.63) is 35.9 Å². The summed E-state index contributed by atoms with van der Waals surface area (Å²) in [6.45, 7) is 0.257. The van der Waals surface area contributed by atoms with E-state index in [4.69, 9.17) is 9.94 Å². The molecule has 0 radical (unpaired) electrons. The average molecular weight is 314 g/mol. The Hall–Kier alpha value is -1.48. The molecule has 2 rings (SSSR count). The summed E-state index contributed by atoms with van der Waals surface area (Å²) in [5.74, 6) is -1.14. The molecule has 1 fully saturated rings. The van der Waals surface area contributed by atoms with Crippen molar-refractivity contribution in [2.75, 3.05) is 6.54 Å². The minimum absolute atomic E-state index is 0.0750. The SMILES string of the molecule is O=C(O)C1CCCCN1S(=O)(=O)NOCc1ccccc1. The van der Waals surface area contributed by atoms with E-state index >= 15 is 0 Å². The van der Waals surface area contributed by atoms with E-state index in [0.717, 1.165) is 9.87 Å². The molecule has 0 saturated carbocycles. The summed E-state index contributed by atoms with van der Waals surface area (Å²) in [5.41, 5.74) is 0.814. The van der Waals surface area contributed by atoms with Crippen molar-refractivity contribution in [1.29, 1.82) is 0 Å². The van der Waals surface area contributed by atoms with Gasteiger partial charge < -0.3 is 5.11 Å². The molecule has 8 heteroatoms. The van der Waals surface area contributed by atoms with Crippen LogP contribution in [0.3, 0.4) is 0 Å². The first kappa shape index (κ1) is 15.9. The third kappa shape index (κ3) is 4.24. The van der Waals surface area contributed by atoms with Crippen LogP contribution in [0, 0.1) is 0 Å². The van der Waals surface area contributed by atoms with Gasteiger partial charge in [0.15, 0.2) is 0 Å². The maximum Gasteiger partial charge on any atom is 0.322 e. The van der Waals surface area contributed by atoms with Crippen molar-refractivity contribution < 1.29 is 23.2 Å². The molecule has 1 aromatic carbocycles. The van der Waals surface area contributed by atoms with E-state index in [2.05, 4.69) is 0 Å². The summed E-state index contributed by atoms with van der Waals surface area (Å²) in [6.07, 6.45) is 1.66. The smallest absolute Gasteiger partial charge is 0.322 e. The predicted molar refractivity (Wildman–Crippen MR) is 75.3 cm³/mol. The van der Waals surface area contributed by atoms with Crippen molar-refractivity contribution in [2.24, 2.45) is 0 Å². The van der Waals surface area contributed by atoms with Gasteiger partial charge in [-0.3, -0.25) is 9.63 Å². The summed E-state index contributed by atoms with van der Waals surface area (Å²) in [5, 5.41) is 9.10. The molecule has 1 aliphatic rings. The lowest BCUT2D eigenvalue weighted by Gasteiger charge is -2.31. The Morgan fingerprint density at radius 1 is 1.33 bits per heavy atom. The molecule has 0 bridgehead atoms. The molecule has 0 spiro atoms. The number of carboxylic acids is 1. The second-order valence-corrected chi connectivity index (χ2v) is 6.41.